The van der Waals surface area contributed by atoms with Gasteiger partial charge in [0, 0.05) is 25.0 Å². The van der Waals surface area contributed by atoms with Gasteiger partial charge in [0.25, 0.3) is 0 Å². The van der Waals surface area contributed by atoms with Gasteiger partial charge in [-0.05, 0) is 26.7 Å². The molecule has 2 aromatic rings. The summed E-state index contributed by atoms with van der Waals surface area (Å²) in [6, 6.07) is 0. The van der Waals surface area contributed by atoms with E-state index in [-0.39, 0.29) is 17.3 Å². The van der Waals surface area contributed by atoms with Gasteiger partial charge in [-0.1, -0.05) is 11.6 Å². The van der Waals surface area contributed by atoms with Crippen LogP contribution < -0.4 is 4.72 Å². The highest BCUT2D eigenvalue weighted by molar-refractivity contribution is 7.93. The van der Waals surface area contributed by atoms with Crippen molar-refractivity contribution in [2.45, 2.75) is 49.7 Å². The minimum atomic E-state index is -3.94. The largest absolute Gasteiger partial charge is 0.376 e. The van der Waals surface area contributed by atoms with Crippen molar-refractivity contribution >= 4 is 27.6 Å². The van der Waals surface area contributed by atoms with Crippen LogP contribution in [0.4, 0.5) is 5.95 Å². The first-order valence-electron chi connectivity index (χ1n) is 9.92. The maximum Gasteiger partial charge on any atom is 0.240 e. The summed E-state index contributed by atoms with van der Waals surface area (Å²) in [6.07, 6.45) is 3.25. The van der Waals surface area contributed by atoms with E-state index >= 15 is 0 Å². The standard InChI is InChI=1S/C18H25ClN6O5S/c1-11(14(28-3)15-20-8-12(19)9-21-15)31(26,27)24-17-23-22-16(13-10-29-6-7-30-13)25(17)18(2)4-5-18/h8-9,11,13-14H,4-7,10H2,1-3H3,(H,23,24)/t11?,13-,14?/m0/s1. The first kappa shape index (κ1) is 22.3. The number of halogens is 1. The Hall–Kier alpha value is -1.86. The number of nitrogens with one attached hydrogen (secondary N) is 1. The van der Waals surface area contributed by atoms with E-state index in [1.54, 1.807) is 0 Å². The Bertz CT molecular complexity index is 1020. The smallest absolute Gasteiger partial charge is 0.240 e. The molecule has 2 aromatic heterocycles. The molecule has 170 valence electrons. The Kier molecular flexibility index (Phi) is 6.19. The highest BCUT2D eigenvalue weighted by Crippen LogP contribution is 2.46. The Labute approximate surface area is 185 Å². The second-order valence-electron chi connectivity index (χ2n) is 7.92. The summed E-state index contributed by atoms with van der Waals surface area (Å²) in [5.41, 5.74) is -0.277. The van der Waals surface area contributed by atoms with E-state index in [0.717, 1.165) is 12.8 Å². The third-order valence-corrected chi connectivity index (χ3v) is 7.49. The van der Waals surface area contributed by atoms with Crippen LogP contribution in [0.1, 0.15) is 50.5 Å². The van der Waals surface area contributed by atoms with Crippen LogP contribution in [0, 0.1) is 0 Å². The zero-order chi connectivity index (χ0) is 22.2. The minimum Gasteiger partial charge on any atom is -0.376 e. The van der Waals surface area contributed by atoms with Crippen LogP contribution in [-0.2, 0) is 29.8 Å². The SMILES string of the molecule is COC(c1ncc(Cl)cn1)C(C)S(=O)(=O)Nc1nnc([C@@H]2COCCO2)n1C1(C)CC1. The lowest BCUT2D eigenvalue weighted by molar-refractivity contribution is -0.0952. The molecule has 1 aliphatic carbocycles. The number of hydrogen-bond acceptors (Lipinski definition) is 9. The molecule has 3 atom stereocenters. The summed E-state index contributed by atoms with van der Waals surface area (Å²) in [5.74, 6) is 0.908. The third kappa shape index (κ3) is 4.53. The Balaban J connectivity index is 1.61. The van der Waals surface area contributed by atoms with Gasteiger partial charge in [-0.3, -0.25) is 9.29 Å². The zero-order valence-electron chi connectivity index (χ0n) is 17.5. The molecule has 2 fully saturated rings. The molecule has 0 spiro atoms. The van der Waals surface area contributed by atoms with Crippen LogP contribution in [0.2, 0.25) is 5.02 Å². The maximum absolute atomic E-state index is 13.2. The molecule has 4 rings (SSSR count). The molecule has 11 nitrogen and oxygen atoms in total. The second kappa shape index (κ2) is 8.58. The van der Waals surface area contributed by atoms with Gasteiger partial charge in [0.15, 0.2) is 11.6 Å². The van der Waals surface area contributed by atoms with Crippen LogP contribution in [0.15, 0.2) is 12.4 Å². The summed E-state index contributed by atoms with van der Waals surface area (Å²) in [4.78, 5) is 8.20. The summed E-state index contributed by atoms with van der Waals surface area (Å²) in [6.45, 7) is 4.86. The number of nitrogens with zero attached hydrogens (tertiary/aromatic N) is 5. The molecule has 2 aliphatic rings. The van der Waals surface area contributed by atoms with Gasteiger partial charge in [-0.15, -0.1) is 10.2 Å². The van der Waals surface area contributed by atoms with Crippen molar-refractivity contribution in [3.05, 3.63) is 29.1 Å². The molecule has 1 saturated heterocycles. The van der Waals surface area contributed by atoms with E-state index in [4.69, 9.17) is 25.8 Å². The highest BCUT2D eigenvalue weighted by Gasteiger charge is 2.45. The summed E-state index contributed by atoms with van der Waals surface area (Å²) in [5, 5.41) is 7.69. The molecule has 31 heavy (non-hydrogen) atoms. The molecular formula is C18H25ClN6O5S. The monoisotopic (exact) mass is 472 g/mol. The van der Waals surface area contributed by atoms with Crippen molar-refractivity contribution in [3.8, 4) is 0 Å². The number of ether oxygens (including phenoxy) is 3. The van der Waals surface area contributed by atoms with E-state index < -0.39 is 27.5 Å². The van der Waals surface area contributed by atoms with Crippen LogP contribution in [0.3, 0.4) is 0 Å². The number of methoxy groups -OCH3 is 1. The van der Waals surface area contributed by atoms with Crippen LogP contribution in [0.25, 0.3) is 0 Å². The van der Waals surface area contributed by atoms with Crippen LogP contribution >= 0.6 is 11.6 Å². The summed E-state index contributed by atoms with van der Waals surface area (Å²) < 4.78 is 47.5. The van der Waals surface area contributed by atoms with Crippen molar-refractivity contribution in [2.24, 2.45) is 0 Å². The van der Waals surface area contributed by atoms with E-state index in [2.05, 4.69) is 24.9 Å². The Morgan fingerprint density at radius 3 is 2.58 bits per heavy atom. The number of aromatic nitrogens is 5. The molecule has 1 aliphatic heterocycles. The molecule has 0 bridgehead atoms. The average Bonchev–Trinajstić information content (AvgIpc) is 3.36. The molecule has 0 amide bonds. The Morgan fingerprint density at radius 1 is 1.29 bits per heavy atom. The van der Waals surface area contributed by atoms with Gasteiger partial charge < -0.3 is 14.2 Å². The van der Waals surface area contributed by atoms with Gasteiger partial charge >= 0.3 is 0 Å². The van der Waals surface area contributed by atoms with E-state index in [1.807, 2.05) is 11.5 Å². The summed E-state index contributed by atoms with van der Waals surface area (Å²) in [7, 11) is -2.54. The number of rotatable bonds is 8. The van der Waals surface area contributed by atoms with Gasteiger partial charge in [0.05, 0.1) is 24.8 Å². The van der Waals surface area contributed by atoms with Gasteiger partial charge in [-0.25, -0.2) is 18.4 Å². The van der Waals surface area contributed by atoms with Gasteiger partial charge in [0.1, 0.15) is 17.5 Å². The Morgan fingerprint density at radius 2 is 2.00 bits per heavy atom. The van der Waals surface area contributed by atoms with Crippen molar-refractivity contribution in [1.82, 2.24) is 24.7 Å². The number of hydrogen-bond donors (Lipinski definition) is 1. The van der Waals surface area contributed by atoms with Crippen LogP contribution in [-0.4, -0.2) is 65.3 Å². The van der Waals surface area contributed by atoms with Gasteiger partial charge in [-0.2, -0.15) is 0 Å². The maximum atomic E-state index is 13.2. The fourth-order valence-corrected chi connectivity index (χ4v) is 4.73. The second-order valence-corrected chi connectivity index (χ2v) is 10.4. The number of anilines is 1. The summed E-state index contributed by atoms with van der Waals surface area (Å²) >= 11 is 5.84. The highest BCUT2D eigenvalue weighted by atomic mass is 35.5. The fraction of sp³-hybridized carbons (Fsp3) is 0.667. The predicted molar refractivity (Wildman–Crippen MR) is 111 cm³/mol. The van der Waals surface area contributed by atoms with E-state index in [1.165, 1.54) is 26.4 Å². The quantitative estimate of drug-likeness (QED) is 0.611. The molecule has 0 radical (unpaired) electrons. The van der Waals surface area contributed by atoms with Gasteiger partial charge in [0.2, 0.25) is 16.0 Å². The van der Waals surface area contributed by atoms with E-state index in [0.29, 0.717) is 30.7 Å². The van der Waals surface area contributed by atoms with Crippen molar-refractivity contribution in [1.29, 1.82) is 0 Å². The molecule has 3 heterocycles. The lowest BCUT2D eigenvalue weighted by Gasteiger charge is -2.26. The first-order valence-corrected chi connectivity index (χ1v) is 11.8. The average molecular weight is 473 g/mol. The lowest BCUT2D eigenvalue weighted by atomic mass is 10.2. The topological polar surface area (TPSA) is 130 Å². The predicted octanol–water partition coefficient (Wildman–Crippen LogP) is 1.84. The molecule has 1 N–H and O–H groups in total. The molecule has 13 heteroatoms. The van der Waals surface area contributed by atoms with Crippen LogP contribution in [0.5, 0.6) is 0 Å². The molecular weight excluding hydrogens is 448 g/mol. The normalized spacial score (nSPS) is 22.6. The lowest BCUT2D eigenvalue weighted by Crippen LogP contribution is -2.34. The zero-order valence-corrected chi connectivity index (χ0v) is 19.1. The van der Waals surface area contributed by atoms with Crippen molar-refractivity contribution < 1.29 is 22.6 Å². The molecule has 0 aromatic carbocycles. The first-order chi connectivity index (χ1) is 14.7. The van der Waals surface area contributed by atoms with Crippen molar-refractivity contribution in [2.75, 3.05) is 31.7 Å². The van der Waals surface area contributed by atoms with Crippen molar-refractivity contribution in [3.63, 3.8) is 0 Å². The number of sulfonamides is 1. The minimum absolute atomic E-state index is 0.142. The van der Waals surface area contributed by atoms with E-state index in [9.17, 15) is 8.42 Å². The fourth-order valence-electron chi connectivity index (χ4n) is 3.50. The molecule has 2 unspecified atom stereocenters. The third-order valence-electron chi connectivity index (χ3n) is 5.60. The molecule has 1 saturated carbocycles.